The number of rotatable bonds is 6. The molecule has 2 aromatic rings. The van der Waals surface area contributed by atoms with E-state index < -0.39 is 11.9 Å². The molecule has 2 amide bonds. The van der Waals surface area contributed by atoms with Crippen molar-refractivity contribution in [2.45, 2.75) is 12.5 Å². The number of carbonyl (C=O) groups excluding carboxylic acids is 2. The van der Waals surface area contributed by atoms with E-state index in [2.05, 4.69) is 15.6 Å². The zero-order valence-corrected chi connectivity index (χ0v) is 17.1. The van der Waals surface area contributed by atoms with Gasteiger partial charge in [0.05, 0.1) is 40.9 Å². The van der Waals surface area contributed by atoms with Gasteiger partial charge < -0.3 is 18.9 Å². The number of methoxy groups -OCH3 is 4. The molecule has 0 aromatic heterocycles. The van der Waals surface area contributed by atoms with Crippen molar-refractivity contribution < 1.29 is 28.5 Å². The number of hydrogen-bond acceptors (Lipinski definition) is 7. The molecule has 1 aliphatic heterocycles. The highest BCUT2D eigenvalue weighted by Crippen LogP contribution is 2.38. The molecule has 0 saturated heterocycles. The summed E-state index contributed by atoms with van der Waals surface area (Å²) in [5.74, 6) is 1.28. The van der Waals surface area contributed by atoms with E-state index in [1.165, 1.54) is 28.4 Å². The summed E-state index contributed by atoms with van der Waals surface area (Å²) in [5, 5.41) is 5.22. The van der Waals surface area contributed by atoms with Crippen molar-refractivity contribution in [3.63, 3.8) is 0 Å². The van der Waals surface area contributed by atoms with E-state index in [9.17, 15) is 9.59 Å². The van der Waals surface area contributed by atoms with Crippen LogP contribution in [0.2, 0.25) is 0 Å². The molecule has 9 heteroatoms. The Labute approximate surface area is 174 Å². The van der Waals surface area contributed by atoms with E-state index in [0.29, 0.717) is 34.1 Å². The van der Waals surface area contributed by atoms with Crippen LogP contribution in [0.15, 0.2) is 41.4 Å². The Morgan fingerprint density at radius 3 is 2.40 bits per heavy atom. The van der Waals surface area contributed by atoms with Crippen molar-refractivity contribution in [3.05, 3.63) is 47.5 Å². The molecule has 9 nitrogen and oxygen atoms in total. The van der Waals surface area contributed by atoms with Gasteiger partial charge in [-0.3, -0.25) is 20.2 Å². The predicted octanol–water partition coefficient (Wildman–Crippen LogP) is 2.07. The molecule has 0 spiro atoms. The van der Waals surface area contributed by atoms with Gasteiger partial charge in [-0.15, -0.1) is 0 Å². The Bertz CT molecular complexity index is 989. The summed E-state index contributed by atoms with van der Waals surface area (Å²) >= 11 is 0. The molecule has 2 aromatic carbocycles. The molecular formula is C21H23N3O6. The van der Waals surface area contributed by atoms with E-state index in [-0.39, 0.29) is 18.3 Å². The maximum absolute atomic E-state index is 12.7. The molecule has 3 rings (SSSR count). The van der Waals surface area contributed by atoms with Crippen LogP contribution in [-0.2, 0) is 4.79 Å². The third kappa shape index (κ3) is 4.29. The smallest absolute Gasteiger partial charge is 0.258 e. The van der Waals surface area contributed by atoms with Crippen LogP contribution in [0.3, 0.4) is 0 Å². The second-order valence-corrected chi connectivity index (χ2v) is 6.35. The van der Waals surface area contributed by atoms with Gasteiger partial charge in [0.15, 0.2) is 23.0 Å². The predicted molar refractivity (Wildman–Crippen MR) is 109 cm³/mol. The van der Waals surface area contributed by atoms with Gasteiger partial charge in [-0.1, -0.05) is 12.1 Å². The highest BCUT2D eigenvalue weighted by atomic mass is 16.5. The summed E-state index contributed by atoms with van der Waals surface area (Å²) in [4.78, 5) is 29.4. The number of nitrogens with one attached hydrogen (secondary N) is 2. The number of nitrogens with zero attached hydrogens (tertiary/aromatic N) is 1. The van der Waals surface area contributed by atoms with Crippen molar-refractivity contribution >= 4 is 17.8 Å². The highest BCUT2D eigenvalue weighted by molar-refractivity contribution is 6.10. The zero-order valence-electron chi connectivity index (χ0n) is 17.1. The van der Waals surface area contributed by atoms with Gasteiger partial charge in [0, 0.05) is 11.1 Å². The van der Waals surface area contributed by atoms with Gasteiger partial charge in [0.1, 0.15) is 0 Å². The lowest BCUT2D eigenvalue weighted by molar-refractivity contribution is -0.120. The number of hydrogen-bond donors (Lipinski definition) is 2. The lowest BCUT2D eigenvalue weighted by Gasteiger charge is -2.23. The molecule has 0 fully saturated rings. The first-order valence-corrected chi connectivity index (χ1v) is 9.12. The van der Waals surface area contributed by atoms with Crippen LogP contribution >= 0.6 is 0 Å². The summed E-state index contributed by atoms with van der Waals surface area (Å²) in [5.41, 5.74) is 1.01. The van der Waals surface area contributed by atoms with Gasteiger partial charge in [-0.2, -0.15) is 0 Å². The molecule has 0 aliphatic carbocycles. The summed E-state index contributed by atoms with van der Waals surface area (Å²) in [7, 11) is 6.05. The van der Waals surface area contributed by atoms with E-state index in [1.807, 2.05) is 6.07 Å². The maximum atomic E-state index is 12.7. The van der Waals surface area contributed by atoms with Crippen molar-refractivity contribution in [3.8, 4) is 23.0 Å². The Balaban J connectivity index is 1.87. The molecule has 0 unspecified atom stereocenters. The topological polar surface area (TPSA) is 107 Å². The van der Waals surface area contributed by atoms with Crippen molar-refractivity contribution in [1.82, 2.24) is 10.6 Å². The number of guanidine groups is 1. The fraction of sp³-hybridized carbons (Fsp3) is 0.286. The van der Waals surface area contributed by atoms with Crippen molar-refractivity contribution in [1.29, 1.82) is 0 Å². The van der Waals surface area contributed by atoms with Crippen LogP contribution in [-0.4, -0.2) is 46.2 Å². The van der Waals surface area contributed by atoms with Crippen LogP contribution in [0.4, 0.5) is 0 Å². The summed E-state index contributed by atoms with van der Waals surface area (Å²) in [6.45, 7) is 0. The van der Waals surface area contributed by atoms with E-state index in [4.69, 9.17) is 18.9 Å². The third-order valence-corrected chi connectivity index (χ3v) is 4.59. The summed E-state index contributed by atoms with van der Waals surface area (Å²) in [6, 6.07) is 9.58. The molecule has 30 heavy (non-hydrogen) atoms. The minimum absolute atomic E-state index is 0.0564. The van der Waals surface area contributed by atoms with Crippen molar-refractivity contribution in [2.24, 2.45) is 4.99 Å². The Hall–Kier alpha value is -3.75. The highest BCUT2D eigenvalue weighted by Gasteiger charge is 2.27. The normalized spacial score (nSPS) is 15.5. The standard InChI is InChI=1S/C21H23N3O6/c1-27-15-9-8-12(10-17(15)29-3)20(26)24-21-22-14(11-18(25)23-21)13-6-5-7-16(28-2)19(13)30-4/h5-10,14H,11H2,1-4H3,(H2,22,23,24,25,26)/t14-/m0/s1. The largest absolute Gasteiger partial charge is 0.493 e. The number of ether oxygens (including phenoxy) is 4. The second-order valence-electron chi connectivity index (χ2n) is 6.35. The number of amides is 2. The maximum Gasteiger partial charge on any atom is 0.258 e. The Morgan fingerprint density at radius 2 is 1.73 bits per heavy atom. The molecule has 2 N–H and O–H groups in total. The molecule has 0 saturated carbocycles. The quantitative estimate of drug-likeness (QED) is 0.751. The zero-order chi connectivity index (χ0) is 21.7. The van der Waals surface area contributed by atoms with Crippen LogP contribution in [0.1, 0.15) is 28.4 Å². The summed E-state index contributed by atoms with van der Waals surface area (Å²) in [6.07, 6.45) is 0.110. The average molecular weight is 413 g/mol. The van der Waals surface area contributed by atoms with Gasteiger partial charge in [0.25, 0.3) is 5.91 Å². The minimum Gasteiger partial charge on any atom is -0.493 e. The first kappa shape index (κ1) is 21.0. The molecule has 1 aliphatic rings. The Morgan fingerprint density at radius 1 is 1.00 bits per heavy atom. The van der Waals surface area contributed by atoms with Gasteiger partial charge in [-0.05, 0) is 24.3 Å². The van der Waals surface area contributed by atoms with E-state index in [0.717, 1.165) is 0 Å². The molecule has 1 heterocycles. The van der Waals surface area contributed by atoms with Gasteiger partial charge >= 0.3 is 0 Å². The number of para-hydroxylation sites is 1. The third-order valence-electron chi connectivity index (χ3n) is 4.59. The second kappa shape index (κ2) is 9.17. The Kier molecular flexibility index (Phi) is 6.41. The average Bonchev–Trinajstić information content (AvgIpc) is 2.77. The molecule has 0 radical (unpaired) electrons. The summed E-state index contributed by atoms with van der Waals surface area (Å²) < 4.78 is 21.2. The van der Waals surface area contributed by atoms with Crippen LogP contribution in [0.5, 0.6) is 23.0 Å². The molecular weight excluding hydrogens is 390 g/mol. The first-order chi connectivity index (χ1) is 14.5. The monoisotopic (exact) mass is 413 g/mol. The van der Waals surface area contributed by atoms with Crippen LogP contribution in [0, 0.1) is 0 Å². The number of carbonyl (C=O) groups is 2. The van der Waals surface area contributed by atoms with Crippen molar-refractivity contribution in [2.75, 3.05) is 28.4 Å². The van der Waals surface area contributed by atoms with Crippen LogP contribution in [0.25, 0.3) is 0 Å². The number of benzene rings is 2. The molecule has 1 atom stereocenters. The first-order valence-electron chi connectivity index (χ1n) is 9.12. The van der Waals surface area contributed by atoms with Gasteiger partial charge in [-0.25, -0.2) is 4.99 Å². The SMILES string of the molecule is COc1ccc(C(=O)NC2=N[C@H](c3cccc(OC)c3OC)CC(=O)N2)cc1OC. The van der Waals surface area contributed by atoms with E-state index in [1.54, 1.807) is 30.3 Å². The fourth-order valence-electron chi connectivity index (χ4n) is 3.17. The lowest BCUT2D eigenvalue weighted by atomic mass is 10.0. The molecule has 0 bridgehead atoms. The minimum atomic E-state index is -0.537. The lowest BCUT2D eigenvalue weighted by Crippen LogP contribution is -2.47. The van der Waals surface area contributed by atoms with Crippen LogP contribution < -0.4 is 29.6 Å². The van der Waals surface area contributed by atoms with Gasteiger partial charge in [0.2, 0.25) is 11.9 Å². The molecule has 158 valence electrons. The van der Waals surface area contributed by atoms with E-state index >= 15 is 0 Å². The fourth-order valence-corrected chi connectivity index (χ4v) is 3.17. The number of aliphatic imine (C=N–C) groups is 1.